The van der Waals surface area contributed by atoms with Gasteiger partial charge >= 0.3 is 0 Å². The lowest BCUT2D eigenvalue weighted by Crippen LogP contribution is -1.81. The third-order valence-corrected chi connectivity index (χ3v) is 1.85. The zero-order valence-electron chi connectivity index (χ0n) is 5.54. The van der Waals surface area contributed by atoms with Crippen LogP contribution in [0.5, 0.6) is 0 Å². The number of rotatable bonds is 2. The second-order valence-corrected chi connectivity index (χ2v) is 2.63. The predicted molar refractivity (Wildman–Crippen MR) is 36.1 cm³/mol. The highest BCUT2D eigenvalue weighted by molar-refractivity contribution is 5.73. The normalized spacial score (nSPS) is 17.2. The summed E-state index contributed by atoms with van der Waals surface area (Å²) in [7, 11) is 0. The lowest BCUT2D eigenvalue weighted by atomic mass is 10.2. The average Bonchev–Trinajstić information content (AvgIpc) is 2.69. The zero-order chi connectivity index (χ0) is 6.97. The molecule has 0 N–H and O–H groups in total. The second kappa shape index (κ2) is 1.97. The van der Waals surface area contributed by atoms with E-state index in [1.165, 1.54) is 12.8 Å². The van der Waals surface area contributed by atoms with Gasteiger partial charge in [-0.25, -0.2) is 0 Å². The predicted octanol–water partition coefficient (Wildman–Crippen LogP) is 1.97. The Balaban J connectivity index is 2.37. The fourth-order valence-corrected chi connectivity index (χ4v) is 1.16. The molecule has 1 heterocycles. The van der Waals surface area contributed by atoms with E-state index in [-0.39, 0.29) is 0 Å². The van der Waals surface area contributed by atoms with Crippen molar-refractivity contribution in [1.82, 2.24) is 0 Å². The maximum Gasteiger partial charge on any atom is 0.185 e. The van der Waals surface area contributed by atoms with Gasteiger partial charge in [0.15, 0.2) is 12.0 Å². The Morgan fingerprint density at radius 1 is 1.60 bits per heavy atom. The smallest absolute Gasteiger partial charge is 0.185 e. The fourth-order valence-electron chi connectivity index (χ4n) is 1.16. The van der Waals surface area contributed by atoms with E-state index in [1.807, 2.05) is 6.07 Å². The molecule has 0 atom stereocenters. The van der Waals surface area contributed by atoms with E-state index in [1.54, 1.807) is 6.26 Å². The van der Waals surface area contributed by atoms with Crippen molar-refractivity contribution in [1.29, 1.82) is 0 Å². The third-order valence-electron chi connectivity index (χ3n) is 1.85. The van der Waals surface area contributed by atoms with Crippen LogP contribution in [0.1, 0.15) is 34.9 Å². The number of aldehydes is 1. The number of hydrogen-bond acceptors (Lipinski definition) is 2. The summed E-state index contributed by atoms with van der Waals surface area (Å²) in [5, 5.41) is 0. The highest BCUT2D eigenvalue weighted by Crippen LogP contribution is 2.41. The first-order chi connectivity index (χ1) is 4.92. The molecular formula is C8H8O2. The first kappa shape index (κ1) is 5.71. The van der Waals surface area contributed by atoms with Crippen molar-refractivity contribution in [2.24, 2.45) is 0 Å². The van der Waals surface area contributed by atoms with E-state index < -0.39 is 0 Å². The summed E-state index contributed by atoms with van der Waals surface area (Å²) >= 11 is 0. The Hall–Kier alpha value is -1.05. The Morgan fingerprint density at radius 3 is 3.00 bits per heavy atom. The Bertz CT molecular complexity index is 246. The van der Waals surface area contributed by atoms with Crippen LogP contribution in [0, 0.1) is 0 Å². The summed E-state index contributed by atoms with van der Waals surface area (Å²) in [5.41, 5.74) is 1.09. The molecule has 0 unspecified atom stereocenters. The summed E-state index contributed by atoms with van der Waals surface area (Å²) in [4.78, 5) is 10.3. The molecule has 1 aromatic heterocycles. The first-order valence-electron chi connectivity index (χ1n) is 3.44. The van der Waals surface area contributed by atoms with E-state index in [2.05, 4.69) is 0 Å². The van der Waals surface area contributed by atoms with Crippen molar-refractivity contribution in [2.45, 2.75) is 18.8 Å². The maximum atomic E-state index is 10.3. The van der Waals surface area contributed by atoms with Crippen molar-refractivity contribution < 1.29 is 9.21 Å². The van der Waals surface area contributed by atoms with Gasteiger partial charge in [-0.2, -0.15) is 0 Å². The Labute approximate surface area is 58.8 Å². The van der Waals surface area contributed by atoms with Crippen molar-refractivity contribution >= 4 is 6.29 Å². The lowest BCUT2D eigenvalue weighted by Gasteiger charge is -1.88. The fraction of sp³-hybridized carbons (Fsp3) is 0.375. The van der Waals surface area contributed by atoms with E-state index in [0.717, 1.165) is 11.8 Å². The van der Waals surface area contributed by atoms with E-state index in [0.29, 0.717) is 11.7 Å². The summed E-state index contributed by atoms with van der Waals surface area (Å²) in [6.07, 6.45) is 4.78. The van der Waals surface area contributed by atoms with Gasteiger partial charge in [-0.1, -0.05) is 0 Å². The Morgan fingerprint density at radius 2 is 2.40 bits per heavy atom. The van der Waals surface area contributed by atoms with Gasteiger partial charge in [0.1, 0.15) is 0 Å². The van der Waals surface area contributed by atoms with Crippen LogP contribution in [-0.2, 0) is 0 Å². The molecule has 0 aromatic carbocycles. The van der Waals surface area contributed by atoms with E-state index in [9.17, 15) is 4.79 Å². The van der Waals surface area contributed by atoms with Crippen LogP contribution in [0.2, 0.25) is 0 Å². The molecule has 0 radical (unpaired) electrons. The molecule has 1 saturated carbocycles. The zero-order valence-corrected chi connectivity index (χ0v) is 5.54. The minimum absolute atomic E-state index is 0.516. The van der Waals surface area contributed by atoms with Crippen LogP contribution >= 0.6 is 0 Å². The molecule has 1 aliphatic carbocycles. The molecule has 2 heteroatoms. The molecule has 2 nitrogen and oxygen atoms in total. The quantitative estimate of drug-likeness (QED) is 0.582. The second-order valence-electron chi connectivity index (χ2n) is 2.63. The SMILES string of the molecule is O=Cc1occc1C1CC1. The van der Waals surface area contributed by atoms with Crippen molar-refractivity contribution in [2.75, 3.05) is 0 Å². The monoisotopic (exact) mass is 136 g/mol. The van der Waals surface area contributed by atoms with Gasteiger partial charge in [-0.05, 0) is 24.8 Å². The van der Waals surface area contributed by atoms with Crippen molar-refractivity contribution in [3.63, 3.8) is 0 Å². The summed E-state index contributed by atoms with van der Waals surface area (Å²) < 4.78 is 4.95. The van der Waals surface area contributed by atoms with E-state index in [4.69, 9.17) is 4.42 Å². The number of furan rings is 1. The number of carbonyl (C=O) groups is 1. The van der Waals surface area contributed by atoms with Gasteiger partial charge in [-0.15, -0.1) is 0 Å². The minimum atomic E-state index is 0.516. The highest BCUT2D eigenvalue weighted by atomic mass is 16.3. The van der Waals surface area contributed by atoms with E-state index >= 15 is 0 Å². The molecule has 0 amide bonds. The minimum Gasteiger partial charge on any atom is -0.461 e. The van der Waals surface area contributed by atoms with Crippen LogP contribution in [0.15, 0.2) is 16.7 Å². The van der Waals surface area contributed by atoms with Crippen LogP contribution in [0.3, 0.4) is 0 Å². The molecular weight excluding hydrogens is 128 g/mol. The van der Waals surface area contributed by atoms with Crippen LogP contribution < -0.4 is 0 Å². The Kier molecular flexibility index (Phi) is 1.13. The molecule has 0 bridgehead atoms. The van der Waals surface area contributed by atoms with Crippen LogP contribution in [0.25, 0.3) is 0 Å². The van der Waals surface area contributed by atoms with Crippen molar-refractivity contribution in [3.8, 4) is 0 Å². The van der Waals surface area contributed by atoms with Gasteiger partial charge in [0.25, 0.3) is 0 Å². The third kappa shape index (κ3) is 0.764. The average molecular weight is 136 g/mol. The number of carbonyl (C=O) groups excluding carboxylic acids is 1. The summed E-state index contributed by atoms with van der Waals surface area (Å²) in [5.74, 6) is 1.13. The topological polar surface area (TPSA) is 30.2 Å². The van der Waals surface area contributed by atoms with Gasteiger partial charge in [0, 0.05) is 5.56 Å². The molecule has 0 spiro atoms. The summed E-state index contributed by atoms with van der Waals surface area (Å²) in [6.45, 7) is 0. The lowest BCUT2D eigenvalue weighted by molar-refractivity contribution is 0.109. The van der Waals surface area contributed by atoms with Gasteiger partial charge < -0.3 is 4.42 Å². The van der Waals surface area contributed by atoms with Gasteiger partial charge in [-0.3, -0.25) is 4.79 Å². The maximum absolute atomic E-state index is 10.3. The molecule has 1 aliphatic rings. The standard InChI is InChI=1S/C8H8O2/c9-5-8-7(3-4-10-8)6-1-2-6/h3-6H,1-2H2. The molecule has 0 saturated heterocycles. The molecule has 10 heavy (non-hydrogen) atoms. The summed E-state index contributed by atoms with van der Waals surface area (Å²) in [6, 6.07) is 1.89. The van der Waals surface area contributed by atoms with Crippen molar-refractivity contribution in [3.05, 3.63) is 23.7 Å². The highest BCUT2D eigenvalue weighted by Gasteiger charge is 2.27. The van der Waals surface area contributed by atoms with Gasteiger partial charge in [0.05, 0.1) is 6.26 Å². The first-order valence-corrected chi connectivity index (χ1v) is 3.44. The molecule has 1 aromatic rings. The number of hydrogen-bond donors (Lipinski definition) is 0. The molecule has 52 valence electrons. The van der Waals surface area contributed by atoms with Gasteiger partial charge in [0.2, 0.25) is 0 Å². The van der Waals surface area contributed by atoms with Crippen LogP contribution in [0.4, 0.5) is 0 Å². The largest absolute Gasteiger partial charge is 0.461 e. The molecule has 0 aliphatic heterocycles. The molecule has 1 fully saturated rings. The molecule has 2 rings (SSSR count). The van der Waals surface area contributed by atoms with Crippen LogP contribution in [-0.4, -0.2) is 6.29 Å².